The van der Waals surface area contributed by atoms with E-state index in [4.69, 9.17) is 16.3 Å². The third-order valence-corrected chi connectivity index (χ3v) is 6.77. The Morgan fingerprint density at radius 2 is 1.73 bits per heavy atom. The number of benzene rings is 3. The molecule has 0 spiro atoms. The molecule has 6 nitrogen and oxygen atoms in total. The smallest absolute Gasteiger partial charge is 0.245 e. The van der Waals surface area contributed by atoms with Crippen LogP contribution in [0.3, 0.4) is 0 Å². The summed E-state index contributed by atoms with van der Waals surface area (Å²) >= 11 is 6.00. The van der Waals surface area contributed by atoms with Gasteiger partial charge in [0.2, 0.25) is 15.9 Å². The van der Waals surface area contributed by atoms with Gasteiger partial charge in [-0.3, -0.25) is 4.79 Å². The molecule has 9 heteroatoms. The average Bonchev–Trinajstić information content (AvgIpc) is 2.79. The third-order valence-electron chi connectivity index (χ3n) is 5.04. The molecule has 2 atom stereocenters. The Hall–Kier alpha value is -2.94. The van der Waals surface area contributed by atoms with Crippen molar-refractivity contribution in [3.8, 4) is 5.75 Å². The lowest BCUT2D eigenvalue weighted by Gasteiger charge is -2.22. The van der Waals surface area contributed by atoms with Gasteiger partial charge >= 0.3 is 0 Å². The lowest BCUT2D eigenvalue weighted by molar-refractivity contribution is -0.123. The van der Waals surface area contributed by atoms with E-state index in [0.29, 0.717) is 5.56 Å². The first-order valence-electron chi connectivity index (χ1n) is 10.1. The van der Waals surface area contributed by atoms with Crippen molar-refractivity contribution in [1.29, 1.82) is 0 Å². The molecule has 0 radical (unpaired) electrons. The summed E-state index contributed by atoms with van der Waals surface area (Å²) in [5.41, 5.74) is 1.45. The zero-order chi connectivity index (χ0) is 24.0. The lowest BCUT2D eigenvalue weighted by Crippen LogP contribution is -2.48. The van der Waals surface area contributed by atoms with Gasteiger partial charge < -0.3 is 10.1 Å². The predicted molar refractivity (Wildman–Crippen MR) is 125 cm³/mol. The summed E-state index contributed by atoms with van der Waals surface area (Å²) in [5, 5.41) is 3.02. The van der Waals surface area contributed by atoms with Crippen LogP contribution in [-0.2, 0) is 21.2 Å². The van der Waals surface area contributed by atoms with Gasteiger partial charge in [0.1, 0.15) is 22.5 Å². The van der Waals surface area contributed by atoms with E-state index in [1.54, 1.807) is 43.3 Å². The zero-order valence-electron chi connectivity index (χ0n) is 18.1. The van der Waals surface area contributed by atoms with Crippen molar-refractivity contribution in [2.24, 2.45) is 0 Å². The van der Waals surface area contributed by atoms with E-state index < -0.39 is 28.0 Å². The first-order valence-corrected chi connectivity index (χ1v) is 12.0. The van der Waals surface area contributed by atoms with Crippen molar-refractivity contribution in [2.45, 2.75) is 30.3 Å². The summed E-state index contributed by atoms with van der Waals surface area (Å²) in [7, 11) is -2.82. The molecule has 174 valence electrons. The highest BCUT2D eigenvalue weighted by Gasteiger charge is 2.29. The van der Waals surface area contributed by atoms with Gasteiger partial charge in [0, 0.05) is 5.02 Å². The van der Waals surface area contributed by atoms with Crippen LogP contribution < -0.4 is 14.8 Å². The SMILES string of the molecule is COc1ccc(Cl)cc1S(=O)(=O)NC(Cc1ccccc1)C(=O)NC(C)c1ccc(F)cc1. The fraction of sp³-hybridized carbons (Fsp3) is 0.208. The first kappa shape index (κ1) is 24.7. The first-order chi connectivity index (χ1) is 15.7. The number of carbonyl (C=O) groups is 1. The largest absolute Gasteiger partial charge is 0.495 e. The molecule has 0 aromatic heterocycles. The van der Waals surface area contributed by atoms with Crippen LogP contribution in [0.2, 0.25) is 5.02 Å². The summed E-state index contributed by atoms with van der Waals surface area (Å²) in [4.78, 5) is 13.0. The molecule has 2 unspecified atom stereocenters. The molecule has 3 aromatic carbocycles. The fourth-order valence-corrected chi connectivity index (χ4v) is 4.92. The van der Waals surface area contributed by atoms with Gasteiger partial charge in [0.25, 0.3) is 0 Å². The Kier molecular flexibility index (Phi) is 8.07. The van der Waals surface area contributed by atoms with Crippen LogP contribution in [0.25, 0.3) is 0 Å². The summed E-state index contributed by atoms with van der Waals surface area (Å²) in [5.74, 6) is -0.812. The lowest BCUT2D eigenvalue weighted by atomic mass is 10.0. The molecular weight excluding hydrogens is 467 g/mol. The quantitative estimate of drug-likeness (QED) is 0.469. The van der Waals surface area contributed by atoms with Crippen LogP contribution in [0.5, 0.6) is 5.75 Å². The molecule has 0 fully saturated rings. The van der Waals surface area contributed by atoms with E-state index in [0.717, 1.165) is 5.56 Å². The van der Waals surface area contributed by atoms with Crippen LogP contribution >= 0.6 is 11.6 Å². The minimum Gasteiger partial charge on any atom is -0.495 e. The molecule has 3 aromatic rings. The van der Waals surface area contributed by atoms with Crippen LogP contribution in [0.4, 0.5) is 4.39 Å². The number of halogens is 2. The zero-order valence-corrected chi connectivity index (χ0v) is 19.7. The maximum Gasteiger partial charge on any atom is 0.245 e. The second kappa shape index (κ2) is 10.8. The molecule has 0 aliphatic heterocycles. The Morgan fingerprint density at radius 1 is 1.06 bits per heavy atom. The Labute approximate surface area is 197 Å². The number of nitrogens with one attached hydrogen (secondary N) is 2. The standard InChI is InChI=1S/C24H24ClFN2O4S/c1-16(18-8-11-20(26)12-9-18)27-24(29)21(14-17-6-4-3-5-7-17)28-33(30,31)23-15-19(25)10-13-22(23)32-2/h3-13,15-16,21,28H,14H2,1-2H3,(H,27,29). The van der Waals surface area contributed by atoms with Crippen molar-refractivity contribution < 1.29 is 22.3 Å². The molecule has 0 bridgehead atoms. The summed E-state index contributed by atoms with van der Waals surface area (Å²) in [6.07, 6.45) is 0.116. The number of ether oxygens (including phenoxy) is 1. The van der Waals surface area contributed by atoms with E-state index in [9.17, 15) is 17.6 Å². The highest BCUT2D eigenvalue weighted by molar-refractivity contribution is 7.89. The molecule has 0 saturated heterocycles. The maximum atomic E-state index is 13.2. The van der Waals surface area contributed by atoms with E-state index in [1.807, 2.05) is 6.07 Å². The van der Waals surface area contributed by atoms with Crippen LogP contribution in [-0.4, -0.2) is 27.5 Å². The number of hydrogen-bond acceptors (Lipinski definition) is 4. The second-order valence-electron chi connectivity index (χ2n) is 7.44. The highest BCUT2D eigenvalue weighted by Crippen LogP contribution is 2.27. The normalized spacial score (nSPS) is 13.2. The van der Waals surface area contributed by atoms with E-state index >= 15 is 0 Å². The van der Waals surface area contributed by atoms with Crippen LogP contribution in [0.15, 0.2) is 77.7 Å². The number of methoxy groups -OCH3 is 1. The summed E-state index contributed by atoms with van der Waals surface area (Å²) in [6, 6.07) is 17.4. The topological polar surface area (TPSA) is 84.5 Å². The predicted octanol–water partition coefficient (Wildman–Crippen LogP) is 4.25. The molecule has 2 N–H and O–H groups in total. The Morgan fingerprint density at radius 3 is 2.36 bits per heavy atom. The number of amides is 1. The minimum atomic E-state index is -4.17. The van der Waals surface area contributed by atoms with Gasteiger partial charge in [-0.2, -0.15) is 4.72 Å². The number of hydrogen-bond donors (Lipinski definition) is 2. The fourth-order valence-electron chi connectivity index (χ4n) is 3.30. The number of rotatable bonds is 9. The van der Waals surface area contributed by atoms with Crippen LogP contribution in [0, 0.1) is 5.82 Å². The molecule has 0 heterocycles. The summed E-state index contributed by atoms with van der Waals surface area (Å²) in [6.45, 7) is 1.74. The van der Waals surface area contributed by atoms with Gasteiger partial charge in [0.05, 0.1) is 13.2 Å². The monoisotopic (exact) mass is 490 g/mol. The molecule has 0 saturated carbocycles. The van der Waals surface area contributed by atoms with Crippen molar-refractivity contribution in [2.75, 3.05) is 7.11 Å². The van der Waals surface area contributed by atoms with Crippen molar-refractivity contribution >= 4 is 27.5 Å². The molecule has 33 heavy (non-hydrogen) atoms. The molecular formula is C24H24ClFN2O4S. The van der Waals surface area contributed by atoms with E-state index in [-0.39, 0.29) is 27.9 Å². The van der Waals surface area contributed by atoms with E-state index in [1.165, 1.54) is 37.4 Å². The van der Waals surface area contributed by atoms with Crippen molar-refractivity contribution in [3.63, 3.8) is 0 Å². The minimum absolute atomic E-state index is 0.102. The third kappa shape index (κ3) is 6.54. The Bertz CT molecular complexity index is 1200. The van der Waals surface area contributed by atoms with Gasteiger partial charge in [0.15, 0.2) is 0 Å². The van der Waals surface area contributed by atoms with Gasteiger partial charge in [-0.1, -0.05) is 54.1 Å². The van der Waals surface area contributed by atoms with Gasteiger partial charge in [-0.25, -0.2) is 12.8 Å². The maximum absolute atomic E-state index is 13.2. The van der Waals surface area contributed by atoms with Gasteiger partial charge in [-0.05, 0) is 54.8 Å². The number of sulfonamides is 1. The number of carbonyl (C=O) groups excluding carboxylic acids is 1. The highest BCUT2D eigenvalue weighted by atomic mass is 35.5. The van der Waals surface area contributed by atoms with Crippen LogP contribution in [0.1, 0.15) is 24.1 Å². The molecule has 3 rings (SSSR count). The molecule has 0 aliphatic rings. The van der Waals surface area contributed by atoms with E-state index in [2.05, 4.69) is 10.0 Å². The molecule has 0 aliphatic carbocycles. The van der Waals surface area contributed by atoms with Crippen molar-refractivity contribution in [1.82, 2.24) is 10.0 Å². The Balaban J connectivity index is 1.88. The van der Waals surface area contributed by atoms with Gasteiger partial charge in [-0.15, -0.1) is 0 Å². The second-order valence-corrected chi connectivity index (χ2v) is 9.56. The van der Waals surface area contributed by atoms with Crippen molar-refractivity contribution in [3.05, 3.63) is 94.8 Å². The molecule has 1 amide bonds. The summed E-state index contributed by atoms with van der Waals surface area (Å²) < 4.78 is 47.3. The average molecular weight is 491 g/mol.